The van der Waals surface area contributed by atoms with Crippen molar-refractivity contribution in [2.75, 3.05) is 0 Å². The summed E-state index contributed by atoms with van der Waals surface area (Å²) in [5, 5.41) is 7.85. The zero-order valence-electron chi connectivity index (χ0n) is 30.6. The molecule has 1 heterocycles. The number of fused-ring (bicyclic) bond motifs is 3. The zero-order chi connectivity index (χ0) is 36.7. The Kier molecular flexibility index (Phi) is 6.90. The molecule has 10 aromatic rings. The van der Waals surface area contributed by atoms with Crippen molar-refractivity contribution < 1.29 is 0 Å². The van der Waals surface area contributed by atoms with E-state index in [-0.39, 0.29) is 5.41 Å². The Hall–Kier alpha value is -6.97. The fraction of sp³-hybridized carbons (Fsp3) is 0.0577. The summed E-state index contributed by atoms with van der Waals surface area (Å²) >= 11 is 0. The number of hydrogen-bond acceptors (Lipinski definition) is 3. The van der Waals surface area contributed by atoms with Gasteiger partial charge < -0.3 is 0 Å². The maximum atomic E-state index is 5.12. The molecule has 0 amide bonds. The topological polar surface area (TPSA) is 38.7 Å². The highest BCUT2D eigenvalue weighted by Crippen LogP contribution is 2.51. The molecule has 1 aliphatic rings. The number of hydrogen-bond donors (Lipinski definition) is 0. The molecule has 258 valence electrons. The van der Waals surface area contributed by atoms with Crippen LogP contribution in [0.2, 0.25) is 0 Å². The summed E-state index contributed by atoms with van der Waals surface area (Å²) in [4.78, 5) is 15.2. The van der Waals surface area contributed by atoms with E-state index in [2.05, 4.69) is 166 Å². The van der Waals surface area contributed by atoms with E-state index in [1.165, 1.54) is 71.3 Å². The molecule has 0 N–H and O–H groups in total. The molecule has 0 saturated carbocycles. The van der Waals surface area contributed by atoms with E-state index in [9.17, 15) is 0 Å². The highest BCUT2D eigenvalue weighted by atomic mass is 15.0. The van der Waals surface area contributed by atoms with Crippen LogP contribution in [0.15, 0.2) is 176 Å². The average molecular weight is 702 g/mol. The van der Waals surface area contributed by atoms with Gasteiger partial charge in [0.1, 0.15) is 0 Å². The lowest BCUT2D eigenvalue weighted by molar-refractivity contribution is 0.661. The predicted molar refractivity (Wildman–Crippen MR) is 228 cm³/mol. The lowest BCUT2D eigenvalue weighted by Crippen LogP contribution is -2.15. The van der Waals surface area contributed by atoms with Crippen LogP contribution in [0.25, 0.3) is 99.9 Å². The van der Waals surface area contributed by atoms with Crippen LogP contribution in [0.4, 0.5) is 0 Å². The Bertz CT molecular complexity index is 3080. The molecule has 0 spiro atoms. The quantitative estimate of drug-likeness (QED) is 0.168. The molecule has 1 aliphatic carbocycles. The predicted octanol–water partition coefficient (Wildman–Crippen LogP) is 13.4. The van der Waals surface area contributed by atoms with Crippen LogP contribution in [0, 0.1) is 0 Å². The van der Waals surface area contributed by atoms with Gasteiger partial charge >= 0.3 is 0 Å². The van der Waals surface area contributed by atoms with Crippen LogP contribution in [0.1, 0.15) is 25.0 Å². The van der Waals surface area contributed by atoms with Gasteiger partial charge in [-0.05, 0) is 89.0 Å². The van der Waals surface area contributed by atoms with E-state index >= 15 is 0 Å². The van der Waals surface area contributed by atoms with Gasteiger partial charge in [0.15, 0.2) is 17.5 Å². The summed E-state index contributed by atoms with van der Waals surface area (Å²) in [6.45, 7) is 4.69. The van der Waals surface area contributed by atoms with Crippen LogP contribution in [0.3, 0.4) is 0 Å². The monoisotopic (exact) mass is 701 g/mol. The summed E-state index contributed by atoms with van der Waals surface area (Å²) < 4.78 is 0. The van der Waals surface area contributed by atoms with Crippen LogP contribution in [-0.4, -0.2) is 15.0 Å². The third-order valence-corrected chi connectivity index (χ3v) is 11.7. The molecule has 0 atom stereocenters. The fourth-order valence-corrected chi connectivity index (χ4v) is 8.82. The minimum atomic E-state index is -0.230. The van der Waals surface area contributed by atoms with Gasteiger partial charge in [0.05, 0.1) is 0 Å². The van der Waals surface area contributed by atoms with E-state index in [0.29, 0.717) is 17.5 Å². The Morgan fingerprint density at radius 2 is 0.764 bits per heavy atom. The normalized spacial score (nSPS) is 13.1. The Labute approximate surface area is 320 Å². The fourth-order valence-electron chi connectivity index (χ4n) is 8.82. The average Bonchev–Trinajstić information content (AvgIpc) is 3.48. The zero-order valence-corrected chi connectivity index (χ0v) is 30.6. The summed E-state index contributed by atoms with van der Waals surface area (Å²) in [5.41, 5.74) is 12.7. The highest BCUT2D eigenvalue weighted by molar-refractivity contribution is 6.25. The van der Waals surface area contributed by atoms with Gasteiger partial charge in [-0.1, -0.05) is 178 Å². The van der Waals surface area contributed by atoms with Crippen LogP contribution < -0.4 is 0 Å². The van der Waals surface area contributed by atoms with Crippen molar-refractivity contribution in [1.82, 2.24) is 15.0 Å². The lowest BCUT2D eigenvalue weighted by Gasteiger charge is -2.23. The molecule has 11 rings (SSSR count). The van der Waals surface area contributed by atoms with E-state index in [1.54, 1.807) is 0 Å². The molecule has 3 heteroatoms. The van der Waals surface area contributed by atoms with Crippen LogP contribution >= 0.6 is 0 Å². The summed E-state index contributed by atoms with van der Waals surface area (Å²) in [7, 11) is 0. The lowest BCUT2D eigenvalue weighted by atomic mass is 9.80. The highest BCUT2D eigenvalue weighted by Gasteiger charge is 2.36. The van der Waals surface area contributed by atoms with Gasteiger partial charge in [0.25, 0.3) is 0 Å². The second-order valence-corrected chi connectivity index (χ2v) is 15.2. The smallest absolute Gasteiger partial charge is 0.164 e. The van der Waals surface area contributed by atoms with Crippen molar-refractivity contribution in [3.63, 3.8) is 0 Å². The number of aromatic nitrogens is 3. The van der Waals surface area contributed by atoms with Gasteiger partial charge in [0.2, 0.25) is 0 Å². The van der Waals surface area contributed by atoms with Crippen molar-refractivity contribution in [3.8, 4) is 67.5 Å². The standard InChI is InChI=1S/C52H35N3/c1-52(2)45-30-39(41-26-22-36-19-18-34-14-9-15-35-23-29-44(41)48(36)47(34)35)24-27-42(45)43-28-25-40(31-46(43)52)51-54-49(37-12-7-4-8-13-37)53-50(55-51)38-20-16-33(17-21-38)32-10-5-3-6-11-32/h3-31H,1-2H3. The molecule has 0 radical (unpaired) electrons. The molecule has 0 fully saturated rings. The van der Waals surface area contributed by atoms with Gasteiger partial charge in [-0.2, -0.15) is 0 Å². The Morgan fingerprint density at radius 3 is 1.42 bits per heavy atom. The van der Waals surface area contributed by atoms with Gasteiger partial charge in [-0.25, -0.2) is 15.0 Å². The molecular weight excluding hydrogens is 667 g/mol. The first-order valence-corrected chi connectivity index (χ1v) is 18.9. The summed E-state index contributed by atoms with van der Waals surface area (Å²) in [5.74, 6) is 1.98. The second kappa shape index (κ2) is 12.0. The molecule has 0 saturated heterocycles. The molecule has 3 nitrogen and oxygen atoms in total. The third kappa shape index (κ3) is 5.01. The molecule has 9 aromatic carbocycles. The Morgan fingerprint density at radius 1 is 0.327 bits per heavy atom. The summed E-state index contributed by atoms with van der Waals surface area (Å²) in [6.07, 6.45) is 0. The largest absolute Gasteiger partial charge is 0.208 e. The van der Waals surface area contributed by atoms with Crippen molar-refractivity contribution in [2.24, 2.45) is 0 Å². The second-order valence-electron chi connectivity index (χ2n) is 15.2. The summed E-state index contributed by atoms with van der Waals surface area (Å²) in [6, 6.07) is 63.2. The number of nitrogens with zero attached hydrogens (tertiary/aromatic N) is 3. The minimum Gasteiger partial charge on any atom is -0.208 e. The van der Waals surface area contributed by atoms with Gasteiger partial charge in [-0.15, -0.1) is 0 Å². The molecule has 0 aliphatic heterocycles. The maximum Gasteiger partial charge on any atom is 0.164 e. The Balaban J connectivity index is 1.00. The van der Waals surface area contributed by atoms with Crippen molar-refractivity contribution in [3.05, 3.63) is 187 Å². The molecule has 0 unspecified atom stereocenters. The number of rotatable bonds is 5. The molecule has 0 bridgehead atoms. The van der Waals surface area contributed by atoms with Crippen molar-refractivity contribution >= 4 is 32.3 Å². The first-order valence-electron chi connectivity index (χ1n) is 18.9. The third-order valence-electron chi connectivity index (χ3n) is 11.7. The molecule has 1 aromatic heterocycles. The van der Waals surface area contributed by atoms with Gasteiger partial charge in [-0.3, -0.25) is 0 Å². The van der Waals surface area contributed by atoms with E-state index in [0.717, 1.165) is 22.3 Å². The van der Waals surface area contributed by atoms with Crippen molar-refractivity contribution in [2.45, 2.75) is 19.3 Å². The molecular formula is C52H35N3. The minimum absolute atomic E-state index is 0.230. The van der Waals surface area contributed by atoms with E-state index in [4.69, 9.17) is 15.0 Å². The van der Waals surface area contributed by atoms with E-state index in [1.807, 2.05) is 24.3 Å². The number of benzene rings is 9. The maximum absolute atomic E-state index is 5.12. The van der Waals surface area contributed by atoms with Crippen LogP contribution in [-0.2, 0) is 5.41 Å². The SMILES string of the molecule is CC1(C)c2cc(-c3nc(-c4ccccc4)nc(-c4ccc(-c5ccccc5)cc4)n3)ccc2-c2ccc(-c3ccc4ccc5cccc6ccc3c4c56)cc21. The van der Waals surface area contributed by atoms with Crippen LogP contribution in [0.5, 0.6) is 0 Å². The first kappa shape index (κ1) is 31.5. The van der Waals surface area contributed by atoms with Crippen molar-refractivity contribution in [1.29, 1.82) is 0 Å². The van der Waals surface area contributed by atoms with Gasteiger partial charge in [0, 0.05) is 22.1 Å². The van der Waals surface area contributed by atoms with E-state index < -0.39 is 0 Å². The first-order chi connectivity index (χ1) is 27.0. The molecule has 55 heavy (non-hydrogen) atoms.